The molecule has 0 atom stereocenters. The van der Waals surface area contributed by atoms with Crippen LogP contribution in [0.15, 0.2) is 88.7 Å². The van der Waals surface area contributed by atoms with Gasteiger partial charge in [-0.3, -0.25) is 9.35 Å². The lowest BCUT2D eigenvalue weighted by Gasteiger charge is -2.15. The van der Waals surface area contributed by atoms with Crippen LogP contribution in [0, 0.1) is 0 Å². The van der Waals surface area contributed by atoms with E-state index in [0.29, 0.717) is 0 Å². The van der Waals surface area contributed by atoms with Crippen LogP contribution in [-0.4, -0.2) is 39.4 Å². The molecule has 0 aliphatic rings. The summed E-state index contributed by atoms with van der Waals surface area (Å²) in [6, 6.07) is 17.9. The average molecular weight is 515 g/mol. The summed E-state index contributed by atoms with van der Waals surface area (Å²) in [5.41, 5.74) is -0.0604. The number of ether oxygens (including phenoxy) is 1. The van der Waals surface area contributed by atoms with Crippen LogP contribution in [0.3, 0.4) is 0 Å². The Kier molecular flexibility index (Phi) is 6.24. The summed E-state index contributed by atoms with van der Waals surface area (Å²) in [6.07, 6.45) is 0. The molecule has 0 spiro atoms. The van der Waals surface area contributed by atoms with Gasteiger partial charge in [0.1, 0.15) is 21.3 Å². The molecule has 4 rings (SSSR count). The maximum atomic E-state index is 13.3. The van der Waals surface area contributed by atoms with Crippen LogP contribution in [0.1, 0.15) is 15.9 Å². The Morgan fingerprint density at radius 3 is 2.09 bits per heavy atom. The number of phenols is 1. The first-order valence-electron chi connectivity index (χ1n) is 9.97. The minimum absolute atomic E-state index is 0.0420. The highest BCUT2D eigenvalue weighted by Gasteiger charge is 2.28. The number of methoxy groups -OCH3 is 1. The Hall–Kier alpha value is -3.93. The number of hydrogen-bond donors (Lipinski definition) is 2. The second kappa shape index (κ2) is 9.02. The zero-order valence-electron chi connectivity index (χ0n) is 18.1. The van der Waals surface area contributed by atoms with Crippen molar-refractivity contribution in [2.75, 3.05) is 7.11 Å². The number of aromatic hydroxyl groups is 1. The van der Waals surface area contributed by atoms with Gasteiger partial charge in [0.2, 0.25) is 0 Å². The van der Waals surface area contributed by atoms with Gasteiger partial charge in [-0.25, -0.2) is 0 Å². The fourth-order valence-electron chi connectivity index (χ4n) is 3.54. The Labute approximate surface area is 201 Å². The lowest BCUT2D eigenvalue weighted by atomic mass is 10.0. The molecule has 0 bridgehead atoms. The van der Waals surface area contributed by atoms with Crippen molar-refractivity contribution in [2.45, 2.75) is 9.79 Å². The third-order valence-corrected chi connectivity index (χ3v) is 7.32. The topological polar surface area (TPSA) is 144 Å². The molecule has 0 aliphatic heterocycles. The van der Waals surface area contributed by atoms with Crippen molar-refractivity contribution >= 4 is 36.8 Å². The number of benzene rings is 4. The second-order valence-corrected chi connectivity index (χ2v) is 10.2. The molecule has 0 unspecified atom stereocenters. The minimum atomic E-state index is -4.65. The first kappa shape index (κ1) is 24.2. The van der Waals surface area contributed by atoms with Crippen LogP contribution >= 0.6 is 0 Å². The van der Waals surface area contributed by atoms with E-state index in [2.05, 4.69) is 0 Å². The van der Waals surface area contributed by atoms with E-state index in [4.69, 9.17) is 8.92 Å². The van der Waals surface area contributed by atoms with Crippen molar-refractivity contribution in [1.82, 2.24) is 0 Å². The number of ketones is 1. The number of rotatable bonds is 7. The van der Waals surface area contributed by atoms with E-state index in [9.17, 15) is 31.3 Å². The van der Waals surface area contributed by atoms with E-state index in [-0.39, 0.29) is 33.4 Å². The smallest absolute Gasteiger partial charge is 0.342 e. The summed E-state index contributed by atoms with van der Waals surface area (Å²) < 4.78 is 69.9. The molecule has 0 radical (unpaired) electrons. The predicted molar refractivity (Wildman–Crippen MR) is 126 cm³/mol. The monoisotopic (exact) mass is 514 g/mol. The third-order valence-electron chi connectivity index (χ3n) is 5.15. The Bertz CT molecular complexity index is 1660. The van der Waals surface area contributed by atoms with Gasteiger partial charge in [-0.15, -0.1) is 0 Å². The Morgan fingerprint density at radius 1 is 0.771 bits per heavy atom. The summed E-state index contributed by atoms with van der Waals surface area (Å²) in [4.78, 5) is 11.9. The lowest BCUT2D eigenvalue weighted by molar-refractivity contribution is 0.103. The van der Waals surface area contributed by atoms with Crippen LogP contribution in [0.2, 0.25) is 0 Å². The number of carbonyl (C=O) groups is 1. The van der Waals surface area contributed by atoms with E-state index >= 15 is 0 Å². The van der Waals surface area contributed by atoms with E-state index < -0.39 is 41.6 Å². The SMILES string of the molecule is COc1cc(O)c(C(=O)c2ccccc2)cc1S(=O)(=O)Oc1cccc2c(S(=O)(=O)O)cccc12. The number of carbonyl (C=O) groups excluding carboxylic acids is 1. The summed E-state index contributed by atoms with van der Waals surface area (Å²) >= 11 is 0. The zero-order valence-corrected chi connectivity index (χ0v) is 19.7. The first-order valence-corrected chi connectivity index (χ1v) is 12.8. The summed E-state index contributed by atoms with van der Waals surface area (Å²) in [5, 5.41) is 10.5. The van der Waals surface area contributed by atoms with Crippen molar-refractivity contribution in [3.63, 3.8) is 0 Å². The molecule has 0 saturated carbocycles. The molecule has 0 aliphatic carbocycles. The van der Waals surface area contributed by atoms with Gasteiger partial charge < -0.3 is 14.0 Å². The van der Waals surface area contributed by atoms with Crippen LogP contribution in [0.4, 0.5) is 0 Å². The number of fused-ring (bicyclic) bond motifs is 1. The second-order valence-electron chi connectivity index (χ2n) is 7.34. The van der Waals surface area contributed by atoms with Gasteiger partial charge >= 0.3 is 10.1 Å². The molecule has 4 aromatic rings. The predicted octanol–water partition coefficient (Wildman–Crippen LogP) is 3.80. The highest BCUT2D eigenvalue weighted by Crippen LogP contribution is 2.36. The van der Waals surface area contributed by atoms with Crippen molar-refractivity contribution in [2.24, 2.45) is 0 Å². The van der Waals surface area contributed by atoms with Gasteiger partial charge in [-0.05, 0) is 18.2 Å². The number of hydrogen-bond acceptors (Lipinski definition) is 8. The van der Waals surface area contributed by atoms with Crippen LogP contribution < -0.4 is 8.92 Å². The van der Waals surface area contributed by atoms with Crippen LogP contribution in [0.5, 0.6) is 17.2 Å². The maximum absolute atomic E-state index is 13.3. The van der Waals surface area contributed by atoms with Gasteiger partial charge in [0.05, 0.1) is 12.7 Å². The van der Waals surface area contributed by atoms with Gasteiger partial charge in [0.15, 0.2) is 11.5 Å². The normalized spacial score (nSPS) is 11.8. The fourth-order valence-corrected chi connectivity index (χ4v) is 5.37. The highest BCUT2D eigenvalue weighted by atomic mass is 32.2. The van der Waals surface area contributed by atoms with E-state index in [0.717, 1.165) is 12.1 Å². The molecule has 9 nitrogen and oxygen atoms in total. The molecule has 0 heterocycles. The van der Waals surface area contributed by atoms with Gasteiger partial charge in [0.25, 0.3) is 10.1 Å². The summed E-state index contributed by atoms with van der Waals surface area (Å²) in [6.45, 7) is 0. The molecule has 0 aromatic heterocycles. The molecular weight excluding hydrogens is 496 g/mol. The van der Waals surface area contributed by atoms with E-state index in [1.54, 1.807) is 18.2 Å². The fraction of sp³-hybridized carbons (Fsp3) is 0.0417. The molecule has 0 amide bonds. The quantitative estimate of drug-likeness (QED) is 0.214. The summed E-state index contributed by atoms with van der Waals surface area (Å²) in [7, 11) is -8.06. The summed E-state index contributed by atoms with van der Waals surface area (Å²) in [5.74, 6) is -1.60. The van der Waals surface area contributed by atoms with Crippen molar-refractivity contribution in [1.29, 1.82) is 0 Å². The first-order chi connectivity index (χ1) is 16.5. The molecule has 11 heteroatoms. The van der Waals surface area contributed by atoms with Crippen molar-refractivity contribution < 1.29 is 40.2 Å². The molecule has 0 fully saturated rings. The molecule has 35 heavy (non-hydrogen) atoms. The maximum Gasteiger partial charge on any atom is 0.342 e. The zero-order chi connectivity index (χ0) is 25.4. The molecule has 4 aromatic carbocycles. The third kappa shape index (κ3) is 4.69. The van der Waals surface area contributed by atoms with Gasteiger partial charge in [0, 0.05) is 22.4 Å². The van der Waals surface area contributed by atoms with Crippen molar-refractivity contribution in [3.05, 3.63) is 90.0 Å². The van der Waals surface area contributed by atoms with Crippen molar-refractivity contribution in [3.8, 4) is 17.2 Å². The molecule has 0 saturated heterocycles. The van der Waals surface area contributed by atoms with Gasteiger partial charge in [-0.1, -0.05) is 54.6 Å². The molecule has 2 N–H and O–H groups in total. The van der Waals surface area contributed by atoms with Gasteiger partial charge in [-0.2, -0.15) is 16.8 Å². The van der Waals surface area contributed by atoms with Crippen LogP contribution in [-0.2, 0) is 20.2 Å². The molecular formula is C24H18O9S2. The largest absolute Gasteiger partial charge is 0.507 e. The minimum Gasteiger partial charge on any atom is -0.507 e. The number of phenolic OH excluding ortho intramolecular Hbond substituents is 1. The Balaban J connectivity index is 1.84. The van der Waals surface area contributed by atoms with Crippen LogP contribution in [0.25, 0.3) is 10.8 Å². The lowest BCUT2D eigenvalue weighted by Crippen LogP contribution is -2.13. The Morgan fingerprint density at radius 2 is 1.43 bits per heavy atom. The van der Waals surface area contributed by atoms with E-state index in [1.807, 2.05) is 0 Å². The highest BCUT2D eigenvalue weighted by molar-refractivity contribution is 7.87. The molecule has 180 valence electrons. The standard InChI is InChI=1S/C24H18O9S2/c1-32-21-14-19(25)18(24(26)15-7-3-2-4-8-15)13-23(21)35(30,31)33-20-11-5-10-17-16(20)9-6-12-22(17)34(27,28)29/h2-14,25H,1H3,(H,27,28,29). The van der Waals surface area contributed by atoms with E-state index in [1.165, 1.54) is 55.6 Å². The average Bonchev–Trinajstić information content (AvgIpc) is 2.83.